The van der Waals surface area contributed by atoms with Crippen molar-refractivity contribution in [1.29, 1.82) is 5.26 Å². The molecule has 0 aliphatic carbocycles. The number of nitriles is 1. The Morgan fingerprint density at radius 2 is 2.04 bits per heavy atom. The van der Waals surface area contributed by atoms with Crippen LogP contribution in [0.5, 0.6) is 5.75 Å². The standard InChI is InChI=1S/C17H14FN2O5PS2/c1-11-14-4-2-3-5-16(14)27-17(11)28(23,24)20-10-26(21,22)25-13-7-6-12(9-19)15(18)8-13/h2-8,20H,10H2,1H3,(H,21,22). The smallest absolute Gasteiger partial charge is 0.391 e. The fraction of sp³-hybridized carbons (Fsp3) is 0.118. The van der Waals surface area contributed by atoms with E-state index in [1.54, 1.807) is 37.3 Å². The first-order valence-electron chi connectivity index (χ1n) is 7.82. The summed E-state index contributed by atoms with van der Waals surface area (Å²) in [6.07, 6.45) is -0.898. The Balaban J connectivity index is 1.77. The van der Waals surface area contributed by atoms with Gasteiger partial charge >= 0.3 is 7.60 Å². The molecule has 11 heteroatoms. The van der Waals surface area contributed by atoms with Crippen molar-refractivity contribution in [2.75, 3.05) is 6.29 Å². The molecular formula is C17H14FN2O5PS2. The molecule has 0 spiro atoms. The zero-order valence-electron chi connectivity index (χ0n) is 14.4. The van der Waals surface area contributed by atoms with E-state index in [9.17, 15) is 22.3 Å². The minimum atomic E-state index is -4.46. The largest absolute Gasteiger partial charge is 0.424 e. The van der Waals surface area contributed by atoms with E-state index < -0.39 is 29.7 Å². The van der Waals surface area contributed by atoms with Crippen molar-refractivity contribution >= 4 is 39.0 Å². The van der Waals surface area contributed by atoms with Gasteiger partial charge < -0.3 is 9.42 Å². The number of halogens is 1. The van der Waals surface area contributed by atoms with Crippen LogP contribution in [0.1, 0.15) is 11.1 Å². The fourth-order valence-corrected chi connectivity index (χ4v) is 6.79. The molecule has 0 bridgehead atoms. The van der Waals surface area contributed by atoms with Gasteiger partial charge in [-0.15, -0.1) is 11.3 Å². The van der Waals surface area contributed by atoms with Crippen molar-refractivity contribution in [2.24, 2.45) is 0 Å². The van der Waals surface area contributed by atoms with Crippen molar-refractivity contribution in [3.05, 3.63) is 59.4 Å². The second kappa shape index (κ2) is 7.62. The van der Waals surface area contributed by atoms with Gasteiger partial charge in [0.15, 0.2) is 0 Å². The van der Waals surface area contributed by atoms with Gasteiger partial charge in [0.05, 0.1) is 5.56 Å². The van der Waals surface area contributed by atoms with Gasteiger partial charge in [0.25, 0.3) is 10.0 Å². The maximum atomic E-state index is 13.6. The van der Waals surface area contributed by atoms with E-state index >= 15 is 0 Å². The molecule has 1 aromatic heterocycles. The highest BCUT2D eigenvalue weighted by atomic mass is 32.2. The van der Waals surface area contributed by atoms with Crippen LogP contribution in [0, 0.1) is 24.1 Å². The molecule has 0 aliphatic heterocycles. The fourth-order valence-electron chi connectivity index (χ4n) is 2.48. The van der Waals surface area contributed by atoms with E-state index in [1.165, 1.54) is 0 Å². The number of aryl methyl sites for hydroxylation is 1. The molecule has 0 radical (unpaired) electrons. The number of hydrogen-bond acceptors (Lipinski definition) is 6. The molecular weight excluding hydrogens is 426 g/mol. The lowest BCUT2D eigenvalue weighted by Gasteiger charge is -2.14. The average molecular weight is 440 g/mol. The summed E-state index contributed by atoms with van der Waals surface area (Å²) in [4.78, 5) is 9.93. The van der Waals surface area contributed by atoms with Gasteiger partial charge in [-0.3, -0.25) is 0 Å². The minimum absolute atomic E-state index is 0.0399. The Morgan fingerprint density at radius 3 is 2.68 bits per heavy atom. The number of nitrogens with zero attached hydrogens (tertiary/aromatic N) is 1. The molecule has 7 nitrogen and oxygen atoms in total. The van der Waals surface area contributed by atoms with Crippen molar-refractivity contribution < 1.29 is 26.8 Å². The van der Waals surface area contributed by atoms with Gasteiger partial charge in [0.2, 0.25) is 0 Å². The summed E-state index contributed by atoms with van der Waals surface area (Å²) in [5, 5.41) is 9.47. The second-order valence-corrected chi connectivity index (χ2v) is 10.6. The molecule has 1 atom stereocenters. The number of benzene rings is 2. The van der Waals surface area contributed by atoms with Crippen LogP contribution in [0.4, 0.5) is 4.39 Å². The van der Waals surface area contributed by atoms with Crippen LogP contribution in [0.15, 0.2) is 46.7 Å². The highest BCUT2D eigenvalue weighted by molar-refractivity contribution is 7.92. The third-order valence-electron chi connectivity index (χ3n) is 3.81. The Morgan fingerprint density at radius 1 is 1.32 bits per heavy atom. The van der Waals surface area contributed by atoms with Crippen LogP contribution in [0.2, 0.25) is 0 Å². The molecule has 2 N–H and O–H groups in total. The monoisotopic (exact) mass is 440 g/mol. The van der Waals surface area contributed by atoms with E-state index in [0.717, 1.165) is 39.6 Å². The summed E-state index contributed by atoms with van der Waals surface area (Å²) in [6.45, 7) is 1.65. The summed E-state index contributed by atoms with van der Waals surface area (Å²) in [5.41, 5.74) is 0.289. The molecule has 0 aliphatic rings. The predicted octanol–water partition coefficient (Wildman–Crippen LogP) is 3.72. The first-order valence-corrected chi connectivity index (χ1v) is 11.9. The second-order valence-electron chi connectivity index (χ2n) is 5.80. The molecule has 3 aromatic rings. The summed E-state index contributed by atoms with van der Waals surface area (Å²) < 4.78 is 58.7. The van der Waals surface area contributed by atoms with Crippen LogP contribution < -0.4 is 9.25 Å². The number of rotatable bonds is 6. The van der Waals surface area contributed by atoms with E-state index in [4.69, 9.17) is 9.79 Å². The van der Waals surface area contributed by atoms with E-state index in [0.29, 0.717) is 5.56 Å². The van der Waals surface area contributed by atoms with Crippen molar-refractivity contribution in [3.8, 4) is 11.8 Å². The van der Waals surface area contributed by atoms with Gasteiger partial charge in [0.1, 0.15) is 28.1 Å². The predicted molar refractivity (Wildman–Crippen MR) is 103 cm³/mol. The van der Waals surface area contributed by atoms with Gasteiger partial charge in [-0.05, 0) is 36.1 Å². The lowest BCUT2D eigenvalue weighted by atomic mass is 10.2. The quantitative estimate of drug-likeness (QED) is 0.565. The minimum Gasteiger partial charge on any atom is -0.424 e. The average Bonchev–Trinajstić information content (AvgIpc) is 2.98. The summed E-state index contributed by atoms with van der Waals surface area (Å²) in [5.74, 6) is -1.21. The molecule has 0 saturated heterocycles. The normalized spacial score (nSPS) is 13.8. The van der Waals surface area contributed by atoms with E-state index in [1.807, 2.05) is 0 Å². The van der Waals surface area contributed by atoms with E-state index in [-0.39, 0.29) is 15.5 Å². The molecule has 0 saturated carbocycles. The third-order valence-corrected chi connectivity index (χ3v) is 8.37. The molecule has 0 amide bonds. The molecule has 1 unspecified atom stereocenters. The van der Waals surface area contributed by atoms with Gasteiger partial charge in [-0.2, -0.15) is 9.98 Å². The Kier molecular flexibility index (Phi) is 5.57. The zero-order valence-corrected chi connectivity index (χ0v) is 16.9. The molecule has 3 rings (SSSR count). The first kappa shape index (κ1) is 20.5. The number of sulfonamides is 1. The summed E-state index contributed by atoms with van der Waals surface area (Å²) in [7, 11) is -8.52. The van der Waals surface area contributed by atoms with Crippen molar-refractivity contribution in [1.82, 2.24) is 4.72 Å². The summed E-state index contributed by atoms with van der Waals surface area (Å²) >= 11 is 1.05. The molecule has 2 aromatic carbocycles. The Bertz CT molecular complexity index is 1250. The van der Waals surface area contributed by atoms with Crippen LogP contribution in [-0.2, 0) is 14.6 Å². The molecule has 28 heavy (non-hydrogen) atoms. The van der Waals surface area contributed by atoms with Crippen LogP contribution in [0.25, 0.3) is 10.1 Å². The van der Waals surface area contributed by atoms with Crippen LogP contribution >= 0.6 is 18.9 Å². The SMILES string of the molecule is Cc1c(S(=O)(=O)NCP(=O)(O)Oc2ccc(C#N)c(F)c2)sc2ccccc12. The van der Waals surface area contributed by atoms with Gasteiger partial charge in [-0.1, -0.05) is 18.2 Å². The van der Waals surface area contributed by atoms with E-state index in [2.05, 4.69) is 4.72 Å². The van der Waals surface area contributed by atoms with Gasteiger partial charge in [0, 0.05) is 10.8 Å². The highest BCUT2D eigenvalue weighted by Crippen LogP contribution is 2.42. The first-order chi connectivity index (χ1) is 13.1. The van der Waals surface area contributed by atoms with Crippen molar-refractivity contribution in [2.45, 2.75) is 11.1 Å². The van der Waals surface area contributed by atoms with Crippen LogP contribution in [-0.4, -0.2) is 19.6 Å². The zero-order chi connectivity index (χ0) is 20.5. The molecule has 0 fully saturated rings. The number of nitrogens with one attached hydrogen (secondary N) is 1. The molecule has 146 valence electrons. The maximum Gasteiger partial charge on any atom is 0.391 e. The van der Waals surface area contributed by atoms with Gasteiger partial charge in [-0.25, -0.2) is 17.4 Å². The summed E-state index contributed by atoms with van der Waals surface area (Å²) in [6, 6.07) is 11.8. The highest BCUT2D eigenvalue weighted by Gasteiger charge is 2.28. The maximum absolute atomic E-state index is 13.6. The topological polar surface area (TPSA) is 116 Å². The number of thiophene rings is 1. The lowest BCUT2D eigenvalue weighted by Crippen LogP contribution is -2.25. The molecule has 1 heterocycles. The number of fused-ring (bicyclic) bond motifs is 1. The van der Waals surface area contributed by atoms with Crippen molar-refractivity contribution in [3.63, 3.8) is 0 Å². The van der Waals surface area contributed by atoms with Crippen LogP contribution in [0.3, 0.4) is 0 Å². The third kappa shape index (κ3) is 4.24. The number of hydrogen-bond donors (Lipinski definition) is 2. The Labute approximate surface area is 164 Å². The lowest BCUT2D eigenvalue weighted by molar-refractivity contribution is 0.377. The Hall–Kier alpha value is -2.28.